The third-order valence-corrected chi connectivity index (χ3v) is 3.66. The lowest BCUT2D eigenvalue weighted by atomic mass is 10.2. The molecule has 100 valence electrons. The molecule has 2 aromatic heterocycles. The number of nitrogens with one attached hydrogen (secondary N) is 1. The normalized spacial score (nSPS) is 15.1. The van der Waals surface area contributed by atoms with Gasteiger partial charge in [-0.3, -0.25) is 5.43 Å². The predicted octanol–water partition coefficient (Wildman–Crippen LogP) is 2.62. The van der Waals surface area contributed by atoms with Crippen molar-refractivity contribution in [1.29, 1.82) is 0 Å². The molecule has 1 N–H and O–H groups in total. The number of hydrazone groups is 1. The van der Waals surface area contributed by atoms with Gasteiger partial charge in [-0.1, -0.05) is 24.3 Å². The van der Waals surface area contributed by atoms with Gasteiger partial charge in [0.25, 0.3) is 0 Å². The Morgan fingerprint density at radius 1 is 1.10 bits per heavy atom. The summed E-state index contributed by atoms with van der Waals surface area (Å²) in [5, 5.41) is 19.0. The first-order valence-electron chi connectivity index (χ1n) is 6.82. The van der Waals surface area contributed by atoms with Crippen LogP contribution in [0.15, 0.2) is 35.7 Å². The van der Waals surface area contributed by atoms with Crippen LogP contribution in [0.2, 0.25) is 0 Å². The van der Waals surface area contributed by atoms with Crippen LogP contribution in [-0.2, 0) is 0 Å². The number of benzene rings is 1. The quantitative estimate of drug-likeness (QED) is 0.724. The Morgan fingerprint density at radius 3 is 2.75 bits per heavy atom. The van der Waals surface area contributed by atoms with Crippen LogP contribution >= 0.6 is 0 Å². The van der Waals surface area contributed by atoms with Crippen molar-refractivity contribution in [1.82, 2.24) is 19.8 Å². The van der Waals surface area contributed by atoms with E-state index < -0.39 is 0 Å². The van der Waals surface area contributed by atoms with E-state index in [1.54, 1.807) is 10.8 Å². The van der Waals surface area contributed by atoms with Gasteiger partial charge in [-0.2, -0.15) is 9.62 Å². The molecule has 2 heterocycles. The van der Waals surface area contributed by atoms with Gasteiger partial charge in [-0.25, -0.2) is 0 Å². The third kappa shape index (κ3) is 1.80. The van der Waals surface area contributed by atoms with Crippen LogP contribution in [0.4, 0.5) is 5.82 Å². The van der Waals surface area contributed by atoms with E-state index in [0.717, 1.165) is 35.1 Å². The summed E-state index contributed by atoms with van der Waals surface area (Å²) in [7, 11) is 0. The Labute approximate surface area is 115 Å². The second-order valence-electron chi connectivity index (χ2n) is 4.99. The van der Waals surface area contributed by atoms with Crippen molar-refractivity contribution in [3.8, 4) is 0 Å². The Morgan fingerprint density at radius 2 is 1.90 bits per heavy atom. The molecule has 1 saturated carbocycles. The molecular weight excluding hydrogens is 252 g/mol. The highest BCUT2D eigenvalue weighted by Gasteiger charge is 2.11. The maximum atomic E-state index is 4.50. The highest BCUT2D eigenvalue weighted by atomic mass is 15.4. The van der Waals surface area contributed by atoms with Crippen LogP contribution in [0.3, 0.4) is 0 Å². The molecular formula is C14H14N6. The van der Waals surface area contributed by atoms with E-state index in [4.69, 9.17) is 0 Å². The number of aromatic nitrogens is 4. The Kier molecular flexibility index (Phi) is 2.58. The molecule has 20 heavy (non-hydrogen) atoms. The Balaban J connectivity index is 1.85. The van der Waals surface area contributed by atoms with E-state index in [9.17, 15) is 0 Å². The molecule has 6 heteroatoms. The van der Waals surface area contributed by atoms with Gasteiger partial charge < -0.3 is 0 Å². The lowest BCUT2D eigenvalue weighted by Crippen LogP contribution is -2.02. The maximum absolute atomic E-state index is 4.50. The topological polar surface area (TPSA) is 67.5 Å². The molecule has 4 rings (SSSR count). The van der Waals surface area contributed by atoms with Crippen LogP contribution < -0.4 is 5.43 Å². The summed E-state index contributed by atoms with van der Waals surface area (Å²) in [4.78, 5) is 0. The molecule has 1 fully saturated rings. The van der Waals surface area contributed by atoms with Gasteiger partial charge in [0.1, 0.15) is 6.33 Å². The number of hydrogen-bond acceptors (Lipinski definition) is 5. The zero-order valence-electron chi connectivity index (χ0n) is 11.0. The van der Waals surface area contributed by atoms with Crippen molar-refractivity contribution < 1.29 is 0 Å². The first kappa shape index (κ1) is 11.3. The molecule has 0 atom stereocenters. The van der Waals surface area contributed by atoms with Gasteiger partial charge in [0.05, 0.1) is 0 Å². The molecule has 3 aromatic rings. The van der Waals surface area contributed by atoms with Crippen LogP contribution in [-0.4, -0.2) is 25.5 Å². The van der Waals surface area contributed by atoms with Crippen molar-refractivity contribution in [3.05, 3.63) is 30.6 Å². The van der Waals surface area contributed by atoms with Gasteiger partial charge >= 0.3 is 0 Å². The largest absolute Gasteiger partial charge is 0.259 e. The third-order valence-electron chi connectivity index (χ3n) is 3.66. The fraction of sp³-hybridized carbons (Fsp3) is 0.286. The molecule has 0 aliphatic heterocycles. The predicted molar refractivity (Wildman–Crippen MR) is 77.8 cm³/mol. The zero-order valence-corrected chi connectivity index (χ0v) is 11.0. The number of rotatable bonds is 2. The minimum absolute atomic E-state index is 0.743. The lowest BCUT2D eigenvalue weighted by molar-refractivity contribution is 0.886. The molecule has 0 amide bonds. The molecule has 0 bridgehead atoms. The van der Waals surface area contributed by atoms with Gasteiger partial charge in [-0.15, -0.1) is 15.3 Å². The second kappa shape index (κ2) is 4.56. The first-order valence-corrected chi connectivity index (χ1v) is 6.82. The number of nitrogens with zero attached hydrogens (tertiary/aromatic N) is 5. The van der Waals surface area contributed by atoms with Crippen LogP contribution in [0.1, 0.15) is 25.7 Å². The second-order valence-corrected chi connectivity index (χ2v) is 4.99. The van der Waals surface area contributed by atoms with E-state index >= 15 is 0 Å². The summed E-state index contributed by atoms with van der Waals surface area (Å²) in [6.07, 6.45) is 6.24. The van der Waals surface area contributed by atoms with E-state index in [2.05, 4.69) is 25.8 Å². The monoisotopic (exact) mass is 266 g/mol. The summed E-state index contributed by atoms with van der Waals surface area (Å²) in [6, 6.07) is 8.03. The van der Waals surface area contributed by atoms with Crippen molar-refractivity contribution in [3.63, 3.8) is 0 Å². The minimum Gasteiger partial charge on any atom is -0.259 e. The molecule has 6 nitrogen and oxygen atoms in total. The smallest absolute Gasteiger partial charge is 0.185 e. The fourth-order valence-corrected chi connectivity index (χ4v) is 2.64. The van der Waals surface area contributed by atoms with E-state index in [1.807, 2.05) is 24.3 Å². The number of anilines is 1. The van der Waals surface area contributed by atoms with Gasteiger partial charge in [-0.05, 0) is 25.7 Å². The van der Waals surface area contributed by atoms with E-state index in [1.165, 1.54) is 18.6 Å². The van der Waals surface area contributed by atoms with Gasteiger partial charge in [0.2, 0.25) is 0 Å². The zero-order chi connectivity index (χ0) is 13.4. The molecule has 0 unspecified atom stereocenters. The van der Waals surface area contributed by atoms with Crippen molar-refractivity contribution >= 4 is 27.9 Å². The van der Waals surface area contributed by atoms with Crippen LogP contribution in [0, 0.1) is 0 Å². The molecule has 0 radical (unpaired) electrons. The average Bonchev–Trinajstić information content (AvgIpc) is 3.16. The molecule has 0 saturated heterocycles. The maximum Gasteiger partial charge on any atom is 0.185 e. The lowest BCUT2D eigenvalue weighted by Gasteiger charge is -2.06. The van der Waals surface area contributed by atoms with Crippen molar-refractivity contribution in [2.75, 3.05) is 5.43 Å². The highest BCUT2D eigenvalue weighted by molar-refractivity contribution is 6.00. The van der Waals surface area contributed by atoms with Crippen molar-refractivity contribution in [2.45, 2.75) is 25.7 Å². The van der Waals surface area contributed by atoms with E-state index in [-0.39, 0.29) is 0 Å². The average molecular weight is 266 g/mol. The fourth-order valence-electron chi connectivity index (χ4n) is 2.64. The summed E-state index contributed by atoms with van der Waals surface area (Å²) >= 11 is 0. The standard InChI is InChI=1S/C14H14N6/c1-2-6-10(5-1)16-17-13-11-7-3-4-8-12(11)14-18-15-9-20(14)19-13/h3-4,7-9H,1-2,5-6H2,(H,17,19). The Bertz CT molecular complexity index is 796. The number of fused-ring (bicyclic) bond motifs is 3. The van der Waals surface area contributed by atoms with Gasteiger partial charge in [0, 0.05) is 16.5 Å². The highest BCUT2D eigenvalue weighted by Crippen LogP contribution is 2.24. The Hall–Kier alpha value is -2.50. The summed E-state index contributed by atoms with van der Waals surface area (Å²) < 4.78 is 1.68. The number of hydrogen-bond donors (Lipinski definition) is 1. The van der Waals surface area contributed by atoms with Gasteiger partial charge in [0.15, 0.2) is 11.5 Å². The first-order chi connectivity index (χ1) is 9.92. The van der Waals surface area contributed by atoms with Crippen LogP contribution in [0.25, 0.3) is 16.4 Å². The minimum atomic E-state index is 0.743. The SMILES string of the molecule is c1ccc2c(c1)c(NN=C1CCCC1)nn1cnnc21. The molecule has 1 aliphatic rings. The van der Waals surface area contributed by atoms with E-state index in [0.29, 0.717) is 0 Å². The molecule has 1 aliphatic carbocycles. The molecule has 1 aromatic carbocycles. The summed E-state index contributed by atoms with van der Waals surface area (Å²) in [5.74, 6) is 0.743. The van der Waals surface area contributed by atoms with Crippen LogP contribution in [0.5, 0.6) is 0 Å². The summed E-state index contributed by atoms with van der Waals surface area (Å²) in [6.45, 7) is 0. The molecule has 0 spiro atoms. The summed E-state index contributed by atoms with van der Waals surface area (Å²) in [5.41, 5.74) is 5.10. The van der Waals surface area contributed by atoms with Crippen molar-refractivity contribution in [2.24, 2.45) is 5.10 Å².